The van der Waals surface area contributed by atoms with Crippen LogP contribution in [0.4, 0.5) is 0 Å². The molecule has 1 fully saturated rings. The fraction of sp³-hybridized carbons (Fsp3) is 0.600. The van der Waals surface area contributed by atoms with E-state index < -0.39 is 0 Å². The van der Waals surface area contributed by atoms with E-state index in [1.54, 1.807) is 0 Å². The second-order valence-electron chi connectivity index (χ2n) is 5.38. The Hall–Kier alpha value is -1.46. The number of rotatable bonds is 5. The molecular formula is C15H22N4O. The van der Waals surface area contributed by atoms with Crippen molar-refractivity contribution in [2.24, 2.45) is 0 Å². The number of imidazole rings is 1. The van der Waals surface area contributed by atoms with Gasteiger partial charge in [-0.15, -0.1) is 0 Å². The molecule has 2 aromatic rings. The van der Waals surface area contributed by atoms with Gasteiger partial charge in [0.05, 0.1) is 6.61 Å². The summed E-state index contributed by atoms with van der Waals surface area (Å²) < 4.78 is 2.20. The molecule has 0 aromatic carbocycles. The monoisotopic (exact) mass is 274 g/mol. The Balaban J connectivity index is 1.94. The Labute approximate surface area is 119 Å². The second kappa shape index (κ2) is 5.89. The molecule has 1 saturated heterocycles. The van der Waals surface area contributed by atoms with E-state index in [-0.39, 0.29) is 6.61 Å². The van der Waals surface area contributed by atoms with Crippen LogP contribution >= 0.6 is 0 Å². The van der Waals surface area contributed by atoms with Gasteiger partial charge in [0.25, 0.3) is 0 Å². The highest BCUT2D eigenvalue weighted by molar-refractivity contribution is 5.71. The lowest BCUT2D eigenvalue weighted by Gasteiger charge is -2.24. The summed E-state index contributed by atoms with van der Waals surface area (Å²) in [5, 5.41) is 9.24. The summed E-state index contributed by atoms with van der Waals surface area (Å²) in [6.07, 6.45) is 4.91. The molecule has 20 heavy (non-hydrogen) atoms. The van der Waals surface area contributed by atoms with Crippen LogP contribution in [-0.2, 0) is 13.0 Å². The summed E-state index contributed by atoms with van der Waals surface area (Å²) in [6, 6.07) is 4.47. The van der Waals surface area contributed by atoms with Crippen molar-refractivity contribution in [1.29, 1.82) is 0 Å². The summed E-state index contributed by atoms with van der Waals surface area (Å²) >= 11 is 0. The normalized spacial score (nSPS) is 20.0. The van der Waals surface area contributed by atoms with E-state index in [1.807, 2.05) is 18.3 Å². The van der Waals surface area contributed by atoms with Crippen LogP contribution in [0.2, 0.25) is 0 Å². The highest BCUT2D eigenvalue weighted by atomic mass is 16.3. The quantitative estimate of drug-likeness (QED) is 0.896. The number of aromatic nitrogens is 3. The molecule has 0 bridgehead atoms. The van der Waals surface area contributed by atoms with Crippen LogP contribution in [0, 0.1) is 0 Å². The van der Waals surface area contributed by atoms with Gasteiger partial charge in [-0.3, -0.25) is 4.90 Å². The predicted octanol–water partition coefficient (Wildman–Crippen LogP) is 1.45. The zero-order chi connectivity index (χ0) is 13.9. The lowest BCUT2D eigenvalue weighted by Crippen LogP contribution is -2.33. The number of fused-ring (bicyclic) bond motifs is 1. The van der Waals surface area contributed by atoms with Gasteiger partial charge >= 0.3 is 0 Å². The molecule has 3 heterocycles. The first-order valence-corrected chi connectivity index (χ1v) is 7.48. The van der Waals surface area contributed by atoms with Crippen LogP contribution in [0.25, 0.3) is 11.2 Å². The smallest absolute Gasteiger partial charge is 0.160 e. The maximum atomic E-state index is 9.24. The molecule has 108 valence electrons. The van der Waals surface area contributed by atoms with Crippen molar-refractivity contribution in [3.05, 3.63) is 24.2 Å². The minimum atomic E-state index is 0.130. The first kappa shape index (κ1) is 13.5. The van der Waals surface area contributed by atoms with E-state index in [1.165, 1.54) is 19.4 Å². The Morgan fingerprint density at radius 1 is 1.45 bits per heavy atom. The third-order valence-corrected chi connectivity index (χ3v) is 4.22. The highest BCUT2D eigenvalue weighted by Gasteiger charge is 2.25. The van der Waals surface area contributed by atoms with Gasteiger partial charge in [0.1, 0.15) is 11.3 Å². The molecule has 5 nitrogen and oxygen atoms in total. The van der Waals surface area contributed by atoms with E-state index >= 15 is 0 Å². The van der Waals surface area contributed by atoms with Gasteiger partial charge in [0, 0.05) is 25.2 Å². The molecule has 1 N–H and O–H groups in total. The third kappa shape index (κ3) is 2.43. The molecule has 0 saturated carbocycles. The van der Waals surface area contributed by atoms with Crippen LogP contribution in [-0.4, -0.2) is 50.3 Å². The predicted molar refractivity (Wildman–Crippen MR) is 78.6 cm³/mol. The average molecular weight is 274 g/mol. The fourth-order valence-electron chi connectivity index (χ4n) is 3.22. The van der Waals surface area contributed by atoms with Crippen LogP contribution in [0.5, 0.6) is 0 Å². The molecule has 1 atom stereocenters. The zero-order valence-corrected chi connectivity index (χ0v) is 12.0. The van der Waals surface area contributed by atoms with Gasteiger partial charge in [-0.05, 0) is 38.1 Å². The van der Waals surface area contributed by atoms with Crippen molar-refractivity contribution in [3.63, 3.8) is 0 Å². The van der Waals surface area contributed by atoms with Gasteiger partial charge in [-0.2, -0.15) is 0 Å². The van der Waals surface area contributed by atoms with E-state index in [4.69, 9.17) is 0 Å². The van der Waals surface area contributed by atoms with Crippen LogP contribution in [0.1, 0.15) is 25.6 Å². The number of hydrogen-bond acceptors (Lipinski definition) is 4. The van der Waals surface area contributed by atoms with Crippen molar-refractivity contribution in [3.8, 4) is 0 Å². The maximum absolute atomic E-state index is 9.24. The van der Waals surface area contributed by atoms with Gasteiger partial charge in [0.15, 0.2) is 5.65 Å². The molecule has 0 aliphatic carbocycles. The Morgan fingerprint density at radius 2 is 2.35 bits per heavy atom. The van der Waals surface area contributed by atoms with Crippen molar-refractivity contribution in [2.45, 2.75) is 38.8 Å². The number of hydrogen-bond donors (Lipinski definition) is 1. The van der Waals surface area contributed by atoms with E-state index in [0.717, 1.165) is 30.1 Å². The molecule has 1 aliphatic heterocycles. The number of aliphatic hydroxyl groups is 1. The second-order valence-corrected chi connectivity index (χ2v) is 5.38. The van der Waals surface area contributed by atoms with Gasteiger partial charge < -0.3 is 9.67 Å². The summed E-state index contributed by atoms with van der Waals surface area (Å²) in [7, 11) is 0. The SMILES string of the molecule is CCN1CCCC1Cn1c(CCO)nc2cccnc21. The third-order valence-electron chi connectivity index (χ3n) is 4.22. The first-order chi connectivity index (χ1) is 9.83. The van der Waals surface area contributed by atoms with Gasteiger partial charge in [0.2, 0.25) is 0 Å². The van der Waals surface area contributed by atoms with E-state index in [0.29, 0.717) is 12.5 Å². The lowest BCUT2D eigenvalue weighted by molar-refractivity contribution is 0.241. The highest BCUT2D eigenvalue weighted by Crippen LogP contribution is 2.22. The Bertz CT molecular complexity index is 580. The average Bonchev–Trinajstić information content (AvgIpc) is 3.05. The minimum Gasteiger partial charge on any atom is -0.396 e. The molecule has 0 radical (unpaired) electrons. The van der Waals surface area contributed by atoms with Crippen LogP contribution < -0.4 is 0 Å². The number of likely N-dealkylation sites (tertiary alicyclic amines) is 1. The molecule has 1 unspecified atom stereocenters. The molecule has 0 spiro atoms. The summed E-state index contributed by atoms with van der Waals surface area (Å²) in [5.41, 5.74) is 1.87. The van der Waals surface area contributed by atoms with Gasteiger partial charge in [-0.1, -0.05) is 6.92 Å². The number of pyridine rings is 1. The lowest BCUT2D eigenvalue weighted by atomic mass is 10.2. The molecule has 0 amide bonds. The van der Waals surface area contributed by atoms with Crippen molar-refractivity contribution in [2.75, 3.05) is 19.7 Å². The summed E-state index contributed by atoms with van der Waals surface area (Å²) in [4.78, 5) is 11.6. The zero-order valence-electron chi connectivity index (χ0n) is 12.0. The van der Waals surface area contributed by atoms with Crippen LogP contribution in [0.15, 0.2) is 18.3 Å². The minimum absolute atomic E-state index is 0.130. The van der Waals surface area contributed by atoms with Crippen molar-refractivity contribution in [1.82, 2.24) is 19.4 Å². The Morgan fingerprint density at radius 3 is 3.15 bits per heavy atom. The van der Waals surface area contributed by atoms with Gasteiger partial charge in [-0.25, -0.2) is 9.97 Å². The van der Waals surface area contributed by atoms with Crippen molar-refractivity contribution >= 4 is 11.2 Å². The maximum Gasteiger partial charge on any atom is 0.160 e. The van der Waals surface area contributed by atoms with E-state index in [9.17, 15) is 5.11 Å². The molecule has 2 aromatic heterocycles. The number of aliphatic hydroxyl groups excluding tert-OH is 1. The number of nitrogens with zero attached hydrogens (tertiary/aromatic N) is 4. The summed E-state index contributed by atoms with van der Waals surface area (Å²) in [5.74, 6) is 0.948. The molecular weight excluding hydrogens is 252 g/mol. The van der Waals surface area contributed by atoms with Crippen LogP contribution in [0.3, 0.4) is 0 Å². The topological polar surface area (TPSA) is 54.2 Å². The Kier molecular flexibility index (Phi) is 3.98. The number of likely N-dealkylation sites (N-methyl/N-ethyl adjacent to an activating group) is 1. The largest absolute Gasteiger partial charge is 0.396 e. The standard InChI is InChI=1S/C15H22N4O/c1-2-18-9-4-5-12(18)11-19-14(7-10-20)17-13-6-3-8-16-15(13)19/h3,6,8,12,20H,2,4-5,7,9-11H2,1H3. The summed E-state index contributed by atoms with van der Waals surface area (Å²) in [6.45, 7) is 5.57. The fourth-order valence-corrected chi connectivity index (χ4v) is 3.22. The van der Waals surface area contributed by atoms with Crippen molar-refractivity contribution < 1.29 is 5.11 Å². The molecule has 1 aliphatic rings. The molecule has 5 heteroatoms. The first-order valence-electron chi connectivity index (χ1n) is 7.48. The van der Waals surface area contributed by atoms with E-state index in [2.05, 4.69) is 26.4 Å². The molecule has 3 rings (SSSR count).